The lowest BCUT2D eigenvalue weighted by Crippen LogP contribution is -2.05. The van der Waals surface area contributed by atoms with E-state index in [-0.39, 0.29) is 5.91 Å². The first-order valence-corrected chi connectivity index (χ1v) is 4.96. The van der Waals surface area contributed by atoms with E-state index in [0.29, 0.717) is 6.54 Å². The maximum atomic E-state index is 10.8. The molecule has 0 saturated carbocycles. The van der Waals surface area contributed by atoms with Crippen LogP contribution in [0.3, 0.4) is 0 Å². The van der Waals surface area contributed by atoms with Gasteiger partial charge in [0.15, 0.2) is 0 Å². The number of hydrogen-bond acceptors (Lipinski definition) is 2. The fourth-order valence-corrected chi connectivity index (χ4v) is 1.24. The summed E-state index contributed by atoms with van der Waals surface area (Å²) in [5.74, 6) is -0.0573. The number of rotatable bonds is 4. The number of nitrogens with two attached hydrogens (primary N) is 1. The average Bonchev–Trinajstić information content (AvgIpc) is 2.18. The summed E-state index contributed by atoms with van der Waals surface area (Å²) in [5, 5.41) is 2.74. The summed E-state index contributed by atoms with van der Waals surface area (Å²) >= 11 is 0. The molecule has 0 aliphatic carbocycles. The second-order valence-electron chi connectivity index (χ2n) is 3.29. The highest BCUT2D eigenvalue weighted by atomic mass is 16.1. The molecule has 0 saturated heterocycles. The van der Waals surface area contributed by atoms with E-state index in [1.165, 1.54) is 6.92 Å². The molecule has 3 nitrogen and oxygen atoms in total. The number of benzene rings is 1. The summed E-state index contributed by atoms with van der Waals surface area (Å²) in [4.78, 5) is 10.8. The Kier molecular flexibility index (Phi) is 4.57. The minimum atomic E-state index is -0.0573. The largest absolute Gasteiger partial charge is 0.330 e. The molecule has 0 aromatic heterocycles. The van der Waals surface area contributed by atoms with Crippen molar-refractivity contribution in [2.45, 2.75) is 13.3 Å². The molecule has 0 bridgehead atoms. The van der Waals surface area contributed by atoms with Gasteiger partial charge in [-0.2, -0.15) is 0 Å². The van der Waals surface area contributed by atoms with Crippen molar-refractivity contribution in [3.05, 3.63) is 35.9 Å². The van der Waals surface area contributed by atoms with E-state index in [1.807, 2.05) is 36.4 Å². The van der Waals surface area contributed by atoms with Crippen LogP contribution in [-0.4, -0.2) is 12.5 Å². The quantitative estimate of drug-likeness (QED) is 0.788. The highest BCUT2D eigenvalue weighted by Gasteiger charge is 1.94. The Bertz CT molecular complexity index is 358. The van der Waals surface area contributed by atoms with Crippen molar-refractivity contribution in [1.82, 2.24) is 0 Å². The molecular weight excluding hydrogens is 188 g/mol. The van der Waals surface area contributed by atoms with Crippen LogP contribution in [0.25, 0.3) is 6.08 Å². The zero-order valence-electron chi connectivity index (χ0n) is 8.86. The summed E-state index contributed by atoms with van der Waals surface area (Å²) in [7, 11) is 0. The molecule has 3 N–H and O–H groups in total. The van der Waals surface area contributed by atoms with Gasteiger partial charge in [-0.3, -0.25) is 4.79 Å². The normalized spacial score (nSPS) is 10.5. The van der Waals surface area contributed by atoms with E-state index in [4.69, 9.17) is 5.73 Å². The maximum Gasteiger partial charge on any atom is 0.221 e. The minimum Gasteiger partial charge on any atom is -0.330 e. The zero-order valence-corrected chi connectivity index (χ0v) is 8.86. The van der Waals surface area contributed by atoms with Crippen molar-refractivity contribution in [3.8, 4) is 0 Å². The Labute approximate surface area is 90.0 Å². The average molecular weight is 204 g/mol. The van der Waals surface area contributed by atoms with Gasteiger partial charge in [-0.1, -0.05) is 24.3 Å². The SMILES string of the molecule is CC(=O)Nc1cccc(C=CCCN)c1. The predicted molar refractivity (Wildman–Crippen MR) is 63.5 cm³/mol. The van der Waals surface area contributed by atoms with Gasteiger partial charge in [-0.25, -0.2) is 0 Å². The molecule has 0 aliphatic rings. The van der Waals surface area contributed by atoms with E-state index in [2.05, 4.69) is 5.32 Å². The van der Waals surface area contributed by atoms with Crippen molar-refractivity contribution in [2.24, 2.45) is 5.73 Å². The molecular formula is C12H16N2O. The van der Waals surface area contributed by atoms with Gasteiger partial charge in [0, 0.05) is 12.6 Å². The lowest BCUT2D eigenvalue weighted by atomic mass is 10.2. The number of anilines is 1. The Hall–Kier alpha value is -1.61. The van der Waals surface area contributed by atoms with Crippen LogP contribution < -0.4 is 11.1 Å². The molecule has 80 valence electrons. The topological polar surface area (TPSA) is 55.1 Å². The third kappa shape index (κ3) is 4.42. The fourth-order valence-electron chi connectivity index (χ4n) is 1.24. The molecule has 0 aliphatic heterocycles. The van der Waals surface area contributed by atoms with Crippen LogP contribution in [-0.2, 0) is 4.79 Å². The van der Waals surface area contributed by atoms with Crippen molar-refractivity contribution < 1.29 is 4.79 Å². The third-order valence-electron chi connectivity index (χ3n) is 1.85. The van der Waals surface area contributed by atoms with Crippen LogP contribution in [0.5, 0.6) is 0 Å². The molecule has 0 radical (unpaired) electrons. The monoisotopic (exact) mass is 204 g/mol. The van der Waals surface area contributed by atoms with Gasteiger partial charge >= 0.3 is 0 Å². The molecule has 1 rings (SSSR count). The molecule has 0 fully saturated rings. The van der Waals surface area contributed by atoms with Crippen LogP contribution in [0.15, 0.2) is 30.3 Å². The van der Waals surface area contributed by atoms with Gasteiger partial charge in [0.2, 0.25) is 5.91 Å². The van der Waals surface area contributed by atoms with Gasteiger partial charge in [-0.15, -0.1) is 0 Å². The van der Waals surface area contributed by atoms with Gasteiger partial charge < -0.3 is 11.1 Å². The van der Waals surface area contributed by atoms with Crippen LogP contribution in [0.1, 0.15) is 18.9 Å². The Morgan fingerprint density at radius 3 is 3.00 bits per heavy atom. The van der Waals surface area contributed by atoms with Gasteiger partial charge in [0.25, 0.3) is 0 Å². The number of amides is 1. The number of hydrogen-bond donors (Lipinski definition) is 2. The summed E-state index contributed by atoms with van der Waals surface area (Å²) in [6, 6.07) is 7.68. The lowest BCUT2D eigenvalue weighted by Gasteiger charge is -2.02. The van der Waals surface area contributed by atoms with Gasteiger partial charge in [0.1, 0.15) is 0 Å². The van der Waals surface area contributed by atoms with Crippen LogP contribution >= 0.6 is 0 Å². The fraction of sp³-hybridized carbons (Fsp3) is 0.250. The highest BCUT2D eigenvalue weighted by Crippen LogP contribution is 2.11. The van der Waals surface area contributed by atoms with E-state index >= 15 is 0 Å². The zero-order chi connectivity index (χ0) is 11.1. The summed E-state index contributed by atoms with van der Waals surface area (Å²) in [6.07, 6.45) is 4.88. The molecule has 1 amide bonds. The first-order valence-electron chi connectivity index (χ1n) is 4.96. The first-order chi connectivity index (χ1) is 7.22. The second kappa shape index (κ2) is 5.98. The Morgan fingerprint density at radius 1 is 1.53 bits per heavy atom. The Morgan fingerprint density at radius 2 is 2.33 bits per heavy atom. The summed E-state index contributed by atoms with van der Waals surface area (Å²) in [5.41, 5.74) is 7.26. The van der Waals surface area contributed by atoms with E-state index in [1.54, 1.807) is 0 Å². The van der Waals surface area contributed by atoms with Crippen LogP contribution in [0.2, 0.25) is 0 Å². The van der Waals surface area contributed by atoms with E-state index in [0.717, 1.165) is 17.7 Å². The maximum absolute atomic E-state index is 10.8. The molecule has 0 spiro atoms. The van der Waals surface area contributed by atoms with Crippen molar-refractivity contribution in [3.63, 3.8) is 0 Å². The number of nitrogens with one attached hydrogen (secondary N) is 1. The number of carbonyl (C=O) groups is 1. The minimum absolute atomic E-state index is 0.0573. The first kappa shape index (κ1) is 11.5. The van der Waals surface area contributed by atoms with Crippen LogP contribution in [0.4, 0.5) is 5.69 Å². The van der Waals surface area contributed by atoms with Crippen molar-refractivity contribution in [1.29, 1.82) is 0 Å². The smallest absolute Gasteiger partial charge is 0.221 e. The standard InChI is InChI=1S/C12H16N2O/c1-10(15)14-12-7-4-6-11(9-12)5-2-3-8-13/h2,4-7,9H,3,8,13H2,1H3,(H,14,15). The van der Waals surface area contributed by atoms with Crippen LogP contribution in [0, 0.1) is 0 Å². The summed E-state index contributed by atoms with van der Waals surface area (Å²) < 4.78 is 0. The van der Waals surface area contributed by atoms with Crippen molar-refractivity contribution in [2.75, 3.05) is 11.9 Å². The molecule has 1 aromatic rings. The third-order valence-corrected chi connectivity index (χ3v) is 1.85. The van der Waals surface area contributed by atoms with E-state index < -0.39 is 0 Å². The van der Waals surface area contributed by atoms with E-state index in [9.17, 15) is 4.79 Å². The van der Waals surface area contributed by atoms with Crippen molar-refractivity contribution >= 4 is 17.7 Å². The Balaban J connectivity index is 2.69. The molecule has 1 aromatic carbocycles. The van der Waals surface area contributed by atoms with Gasteiger partial charge in [-0.05, 0) is 30.7 Å². The molecule has 0 unspecified atom stereocenters. The number of carbonyl (C=O) groups excluding carboxylic acids is 1. The summed E-state index contributed by atoms with van der Waals surface area (Å²) in [6.45, 7) is 2.15. The van der Waals surface area contributed by atoms with Gasteiger partial charge in [0.05, 0.1) is 0 Å². The predicted octanol–water partition coefficient (Wildman–Crippen LogP) is 2.01. The lowest BCUT2D eigenvalue weighted by molar-refractivity contribution is -0.114. The molecule has 3 heteroatoms. The second-order valence-corrected chi connectivity index (χ2v) is 3.29. The molecule has 0 atom stereocenters. The highest BCUT2D eigenvalue weighted by molar-refractivity contribution is 5.88. The molecule has 0 heterocycles. The molecule has 15 heavy (non-hydrogen) atoms.